The van der Waals surface area contributed by atoms with Crippen molar-refractivity contribution in [1.82, 2.24) is 24.6 Å². The number of likely N-dealkylation sites (N-methyl/N-ethyl adjacent to an activating group) is 1. The Kier molecular flexibility index (Phi) is 4.87. The second-order valence-corrected chi connectivity index (χ2v) is 7.58. The summed E-state index contributed by atoms with van der Waals surface area (Å²) in [4.78, 5) is 12.2. The van der Waals surface area contributed by atoms with Crippen molar-refractivity contribution < 1.29 is 0 Å². The van der Waals surface area contributed by atoms with E-state index in [1.165, 1.54) is 16.7 Å². The summed E-state index contributed by atoms with van der Waals surface area (Å²) in [6, 6.07) is 10.6. The molecular formula is C20H22N6S. The van der Waals surface area contributed by atoms with Crippen LogP contribution >= 0.6 is 11.3 Å². The number of benzene rings is 1. The first-order valence-electron chi connectivity index (χ1n) is 8.80. The third kappa shape index (κ3) is 3.56. The lowest BCUT2D eigenvalue weighted by Crippen LogP contribution is -2.26. The predicted octanol–water partition coefficient (Wildman–Crippen LogP) is 3.81. The normalized spacial score (nSPS) is 12.6. The van der Waals surface area contributed by atoms with Crippen LogP contribution in [0.1, 0.15) is 11.6 Å². The van der Waals surface area contributed by atoms with Crippen molar-refractivity contribution in [3.8, 4) is 11.1 Å². The molecule has 0 fully saturated rings. The van der Waals surface area contributed by atoms with Crippen LogP contribution in [0.3, 0.4) is 0 Å². The highest BCUT2D eigenvalue weighted by atomic mass is 32.1. The Morgan fingerprint density at radius 2 is 2.00 bits per heavy atom. The quantitative estimate of drug-likeness (QED) is 0.553. The molecule has 138 valence electrons. The van der Waals surface area contributed by atoms with Crippen molar-refractivity contribution in [3.05, 3.63) is 60.0 Å². The van der Waals surface area contributed by atoms with Gasteiger partial charge < -0.3 is 10.2 Å². The number of rotatable bonds is 6. The van der Waals surface area contributed by atoms with Gasteiger partial charge in [-0.3, -0.25) is 4.68 Å². The first-order chi connectivity index (χ1) is 13.1. The van der Waals surface area contributed by atoms with Crippen LogP contribution in [-0.4, -0.2) is 45.3 Å². The van der Waals surface area contributed by atoms with Gasteiger partial charge in [-0.15, -0.1) is 11.3 Å². The van der Waals surface area contributed by atoms with Crippen LogP contribution in [0, 0.1) is 0 Å². The average Bonchev–Trinajstić information content (AvgIpc) is 3.29. The van der Waals surface area contributed by atoms with Gasteiger partial charge in [-0.25, -0.2) is 9.97 Å². The molecule has 1 aromatic carbocycles. The van der Waals surface area contributed by atoms with Crippen LogP contribution in [-0.2, 0) is 7.05 Å². The van der Waals surface area contributed by atoms with Crippen molar-refractivity contribution in [2.45, 2.75) is 6.04 Å². The third-order valence-corrected chi connectivity index (χ3v) is 5.54. The van der Waals surface area contributed by atoms with Crippen LogP contribution in [0.4, 0.5) is 5.82 Å². The zero-order chi connectivity index (χ0) is 18.8. The lowest BCUT2D eigenvalue weighted by Gasteiger charge is -2.24. The Bertz CT molecular complexity index is 1040. The van der Waals surface area contributed by atoms with Crippen LogP contribution in [0.2, 0.25) is 0 Å². The Morgan fingerprint density at radius 1 is 1.19 bits per heavy atom. The number of fused-ring (bicyclic) bond motifs is 1. The maximum Gasteiger partial charge on any atom is 0.138 e. The molecule has 0 saturated heterocycles. The average molecular weight is 379 g/mol. The van der Waals surface area contributed by atoms with E-state index < -0.39 is 0 Å². The molecule has 6 nitrogen and oxygen atoms in total. The molecule has 0 radical (unpaired) electrons. The molecule has 0 aliphatic heterocycles. The topological polar surface area (TPSA) is 58.9 Å². The van der Waals surface area contributed by atoms with Crippen molar-refractivity contribution in [2.24, 2.45) is 7.05 Å². The molecule has 0 spiro atoms. The fourth-order valence-electron chi connectivity index (χ4n) is 3.24. The van der Waals surface area contributed by atoms with Gasteiger partial charge in [-0.05, 0) is 19.7 Å². The molecule has 0 aliphatic carbocycles. The second kappa shape index (κ2) is 7.46. The highest BCUT2D eigenvalue weighted by Crippen LogP contribution is 2.36. The van der Waals surface area contributed by atoms with Gasteiger partial charge in [0.25, 0.3) is 0 Å². The summed E-state index contributed by atoms with van der Waals surface area (Å²) in [5, 5.41) is 11.1. The van der Waals surface area contributed by atoms with Gasteiger partial charge in [0.05, 0.1) is 17.6 Å². The highest BCUT2D eigenvalue weighted by molar-refractivity contribution is 7.17. The van der Waals surface area contributed by atoms with Crippen LogP contribution in [0.25, 0.3) is 21.3 Å². The Labute approximate surface area is 162 Å². The van der Waals surface area contributed by atoms with Crippen molar-refractivity contribution in [3.63, 3.8) is 0 Å². The van der Waals surface area contributed by atoms with Gasteiger partial charge in [0.1, 0.15) is 17.0 Å². The summed E-state index contributed by atoms with van der Waals surface area (Å²) in [5.41, 5.74) is 3.52. The predicted molar refractivity (Wildman–Crippen MR) is 111 cm³/mol. The molecule has 1 atom stereocenters. The Morgan fingerprint density at radius 3 is 2.70 bits per heavy atom. The molecular weight excluding hydrogens is 356 g/mol. The second-order valence-electron chi connectivity index (χ2n) is 6.73. The lowest BCUT2D eigenvalue weighted by molar-refractivity contribution is 0.311. The van der Waals surface area contributed by atoms with Crippen LogP contribution < -0.4 is 5.32 Å². The molecule has 0 bridgehead atoms. The monoisotopic (exact) mass is 378 g/mol. The number of thiophene rings is 1. The zero-order valence-corrected chi connectivity index (χ0v) is 16.4. The maximum absolute atomic E-state index is 4.54. The summed E-state index contributed by atoms with van der Waals surface area (Å²) >= 11 is 1.65. The van der Waals surface area contributed by atoms with E-state index in [-0.39, 0.29) is 6.04 Å². The number of nitrogens with one attached hydrogen (secondary N) is 1. The van der Waals surface area contributed by atoms with Gasteiger partial charge in [0.15, 0.2) is 0 Å². The third-order valence-electron chi connectivity index (χ3n) is 4.65. The number of hydrogen-bond acceptors (Lipinski definition) is 6. The van der Waals surface area contributed by atoms with Gasteiger partial charge in [-0.2, -0.15) is 5.10 Å². The molecule has 4 aromatic rings. The summed E-state index contributed by atoms with van der Waals surface area (Å²) < 4.78 is 1.83. The van der Waals surface area contributed by atoms with Gasteiger partial charge in [0, 0.05) is 36.3 Å². The smallest absolute Gasteiger partial charge is 0.138 e. The number of nitrogens with zero attached hydrogens (tertiary/aromatic N) is 5. The molecule has 7 heteroatoms. The summed E-state index contributed by atoms with van der Waals surface area (Å²) in [6.07, 6.45) is 5.61. The molecule has 27 heavy (non-hydrogen) atoms. The molecule has 0 aliphatic rings. The minimum absolute atomic E-state index is 0.197. The van der Waals surface area contributed by atoms with Crippen molar-refractivity contribution in [2.75, 3.05) is 26.0 Å². The van der Waals surface area contributed by atoms with Crippen LogP contribution in [0.5, 0.6) is 0 Å². The van der Waals surface area contributed by atoms with Crippen LogP contribution in [0.15, 0.2) is 54.4 Å². The fraction of sp³-hybridized carbons (Fsp3) is 0.250. The van der Waals surface area contributed by atoms with E-state index in [2.05, 4.69) is 75.2 Å². The van der Waals surface area contributed by atoms with E-state index in [0.29, 0.717) is 0 Å². The van der Waals surface area contributed by atoms with Crippen molar-refractivity contribution in [1.29, 1.82) is 0 Å². The van der Waals surface area contributed by atoms with E-state index in [9.17, 15) is 0 Å². The highest BCUT2D eigenvalue weighted by Gasteiger charge is 2.18. The van der Waals surface area contributed by atoms with Crippen molar-refractivity contribution >= 4 is 27.4 Å². The Balaban J connectivity index is 1.67. The van der Waals surface area contributed by atoms with E-state index in [1.54, 1.807) is 17.7 Å². The SMILES string of the molecule is CN(C)[C@H](CNc1ncnc2scc(-c3ccccc3)c12)c1cnn(C)c1. The molecule has 0 amide bonds. The molecule has 3 aromatic heterocycles. The zero-order valence-electron chi connectivity index (χ0n) is 15.6. The standard InChI is InChI=1S/C20H22N6S/c1-25(2)17(15-9-24-26(3)11-15)10-21-19-18-16(14-7-5-4-6-8-14)12-27-20(18)23-13-22-19/h4-9,11-13,17H,10H2,1-3H3,(H,21,22,23)/t17-/m1/s1. The van der Waals surface area contributed by atoms with E-state index >= 15 is 0 Å². The van der Waals surface area contributed by atoms with Gasteiger partial charge in [-0.1, -0.05) is 30.3 Å². The first-order valence-corrected chi connectivity index (χ1v) is 9.68. The van der Waals surface area contributed by atoms with E-state index in [0.717, 1.165) is 22.6 Å². The summed E-state index contributed by atoms with van der Waals surface area (Å²) in [7, 11) is 6.10. The summed E-state index contributed by atoms with van der Waals surface area (Å²) in [5.74, 6) is 0.871. The number of anilines is 1. The molecule has 1 N–H and O–H groups in total. The van der Waals surface area contributed by atoms with Gasteiger partial charge in [0.2, 0.25) is 0 Å². The molecule has 0 unspecified atom stereocenters. The lowest BCUT2D eigenvalue weighted by atomic mass is 10.1. The number of hydrogen-bond donors (Lipinski definition) is 1. The van der Waals surface area contributed by atoms with Gasteiger partial charge >= 0.3 is 0 Å². The number of aryl methyl sites for hydroxylation is 1. The first kappa shape index (κ1) is 17.6. The minimum Gasteiger partial charge on any atom is -0.367 e. The van der Waals surface area contributed by atoms with E-state index in [4.69, 9.17) is 0 Å². The molecule has 3 heterocycles. The maximum atomic E-state index is 4.54. The number of aromatic nitrogens is 4. The fourth-order valence-corrected chi connectivity index (χ4v) is 4.16. The largest absolute Gasteiger partial charge is 0.367 e. The molecule has 0 saturated carbocycles. The minimum atomic E-state index is 0.197. The van der Waals surface area contributed by atoms with E-state index in [1.807, 2.05) is 24.0 Å². The summed E-state index contributed by atoms with van der Waals surface area (Å²) in [6.45, 7) is 0.731. The molecule has 4 rings (SSSR count). The Hall–Kier alpha value is -2.77.